The number of hydrogen-bond acceptors (Lipinski definition) is 12. The Labute approximate surface area is 329 Å². The number of hydrogen-bond donors (Lipinski definition) is 3. The standard InChI is InChI=1S/C40H50F3N5O9/c41-40(42,43)57-34-8-6-33(7-9-34)48-37-27-36(46-28-47-37)31-2-1-3-32(26-31)38(49)44-10-12-51-14-16-53-18-20-55-22-23-56-21-19-54-17-15-52-13-11-45-39(50)35-25-29-4-5-30(35)24-29/h1-9,26-30,35H,10-25H2,(H,44,49)(H,45,50)(H,46,47,48)/t29-,30+,35?/m0/s1. The predicted molar refractivity (Wildman–Crippen MR) is 203 cm³/mol. The van der Waals surface area contributed by atoms with Crippen LogP contribution in [0.1, 0.15) is 23.2 Å². The number of anilines is 2. The summed E-state index contributed by atoms with van der Waals surface area (Å²) >= 11 is 0. The maximum Gasteiger partial charge on any atom is 0.573 e. The Morgan fingerprint density at radius 1 is 0.684 bits per heavy atom. The molecule has 0 spiro atoms. The first-order chi connectivity index (χ1) is 27.7. The molecule has 14 nitrogen and oxygen atoms in total. The van der Waals surface area contributed by atoms with Crippen LogP contribution in [0.2, 0.25) is 0 Å². The van der Waals surface area contributed by atoms with Gasteiger partial charge in [-0.05, 0) is 61.1 Å². The molecule has 2 bridgehead atoms. The number of rotatable bonds is 27. The second-order valence-corrected chi connectivity index (χ2v) is 13.2. The van der Waals surface area contributed by atoms with Crippen LogP contribution >= 0.6 is 0 Å². The maximum absolute atomic E-state index is 12.7. The largest absolute Gasteiger partial charge is 0.573 e. The van der Waals surface area contributed by atoms with Gasteiger partial charge in [-0.1, -0.05) is 24.3 Å². The number of halogens is 3. The van der Waals surface area contributed by atoms with Crippen LogP contribution < -0.4 is 20.7 Å². The van der Waals surface area contributed by atoms with Gasteiger partial charge in [0, 0.05) is 41.9 Å². The number of benzene rings is 2. The Morgan fingerprint density at radius 2 is 1.28 bits per heavy atom. The lowest BCUT2D eigenvalue weighted by Crippen LogP contribution is -2.35. The van der Waals surface area contributed by atoms with E-state index in [1.165, 1.54) is 30.6 Å². The predicted octanol–water partition coefficient (Wildman–Crippen LogP) is 4.94. The van der Waals surface area contributed by atoms with Gasteiger partial charge in [0.25, 0.3) is 5.91 Å². The fraction of sp³-hybridized carbons (Fsp3) is 0.500. The summed E-state index contributed by atoms with van der Waals surface area (Å²) in [5, 5.41) is 8.81. The molecule has 2 amide bonds. The van der Waals surface area contributed by atoms with Crippen molar-refractivity contribution in [2.45, 2.75) is 19.2 Å². The van der Waals surface area contributed by atoms with E-state index in [2.05, 4.69) is 42.8 Å². The smallest absolute Gasteiger partial charge is 0.406 e. The zero-order valence-corrected chi connectivity index (χ0v) is 31.7. The minimum absolute atomic E-state index is 0.121. The highest BCUT2D eigenvalue weighted by Crippen LogP contribution is 2.43. The summed E-state index contributed by atoms with van der Waals surface area (Å²) in [6.07, 6.45) is 3.07. The molecule has 1 saturated carbocycles. The van der Waals surface area contributed by atoms with E-state index in [0.717, 1.165) is 12.8 Å². The fourth-order valence-corrected chi connectivity index (χ4v) is 6.29. The van der Waals surface area contributed by atoms with Crippen molar-refractivity contribution in [3.05, 3.63) is 78.6 Å². The van der Waals surface area contributed by atoms with Crippen molar-refractivity contribution < 1.29 is 55.9 Å². The second-order valence-electron chi connectivity index (χ2n) is 13.2. The third-order valence-electron chi connectivity index (χ3n) is 9.00. The second kappa shape index (κ2) is 23.5. The van der Waals surface area contributed by atoms with Crippen LogP contribution in [0.25, 0.3) is 11.3 Å². The SMILES string of the molecule is O=C(NCCOCCOCCOCCOCCOCCOCCNC(=O)C1C[C@H]2C=C[C@@H]1C2)c1cccc(-c2cc(Nc3ccc(OC(F)(F)F)cc3)ncn2)c1. The van der Waals surface area contributed by atoms with Crippen LogP contribution in [-0.4, -0.2) is 121 Å². The summed E-state index contributed by atoms with van der Waals surface area (Å²) in [7, 11) is 0. The van der Waals surface area contributed by atoms with Gasteiger partial charge in [0.05, 0.1) is 85.0 Å². The van der Waals surface area contributed by atoms with Gasteiger partial charge in [0.1, 0.15) is 17.9 Å². The van der Waals surface area contributed by atoms with Crippen molar-refractivity contribution in [2.75, 3.05) is 97.7 Å². The molecule has 1 fully saturated rings. The highest BCUT2D eigenvalue weighted by atomic mass is 19.4. The Morgan fingerprint density at radius 3 is 1.84 bits per heavy atom. The molecular weight excluding hydrogens is 751 g/mol. The molecular formula is C40H50F3N5O9. The Bertz CT molecular complexity index is 1700. The minimum Gasteiger partial charge on any atom is -0.406 e. The van der Waals surface area contributed by atoms with Crippen LogP contribution in [-0.2, 0) is 33.2 Å². The Balaban J connectivity index is 0.801. The molecule has 2 aliphatic rings. The van der Waals surface area contributed by atoms with E-state index in [4.69, 9.17) is 28.4 Å². The first-order valence-electron chi connectivity index (χ1n) is 19.0. The highest BCUT2D eigenvalue weighted by Gasteiger charge is 2.39. The van der Waals surface area contributed by atoms with Crippen molar-refractivity contribution in [2.24, 2.45) is 17.8 Å². The van der Waals surface area contributed by atoms with Gasteiger partial charge < -0.3 is 49.1 Å². The van der Waals surface area contributed by atoms with Crippen molar-refractivity contribution in [3.63, 3.8) is 0 Å². The molecule has 3 aromatic rings. The van der Waals surface area contributed by atoms with Gasteiger partial charge in [-0.25, -0.2) is 9.97 Å². The van der Waals surface area contributed by atoms with Crippen molar-refractivity contribution in [1.29, 1.82) is 0 Å². The summed E-state index contributed by atoms with van der Waals surface area (Å²) in [6.45, 7) is 5.91. The summed E-state index contributed by atoms with van der Waals surface area (Å²) in [5.74, 6) is 1.05. The number of allylic oxidation sites excluding steroid dienone is 2. The van der Waals surface area contributed by atoms with Gasteiger partial charge >= 0.3 is 6.36 Å². The zero-order chi connectivity index (χ0) is 40.1. The number of amides is 2. The van der Waals surface area contributed by atoms with Gasteiger partial charge in [-0.15, -0.1) is 13.2 Å². The summed E-state index contributed by atoms with van der Waals surface area (Å²) < 4.78 is 74.2. The number of ether oxygens (including phenoxy) is 7. The Kier molecular flexibility index (Phi) is 18.0. The molecule has 1 unspecified atom stereocenters. The van der Waals surface area contributed by atoms with E-state index in [9.17, 15) is 22.8 Å². The lowest BCUT2D eigenvalue weighted by Gasteiger charge is -2.17. The Hall–Kier alpha value is -4.65. The number of fused-ring (bicyclic) bond motifs is 2. The third kappa shape index (κ3) is 16.0. The molecule has 3 N–H and O–H groups in total. The van der Waals surface area contributed by atoms with Gasteiger partial charge in [-0.2, -0.15) is 0 Å². The lowest BCUT2D eigenvalue weighted by atomic mass is 9.93. The quantitative estimate of drug-likeness (QED) is 0.0705. The maximum atomic E-state index is 12.7. The van der Waals surface area contributed by atoms with Crippen LogP contribution in [0, 0.1) is 17.8 Å². The van der Waals surface area contributed by atoms with Gasteiger partial charge in [-0.3, -0.25) is 9.59 Å². The number of carbonyl (C=O) groups is 2. The van der Waals surface area contributed by atoms with Crippen molar-refractivity contribution in [1.82, 2.24) is 20.6 Å². The van der Waals surface area contributed by atoms with E-state index >= 15 is 0 Å². The monoisotopic (exact) mass is 801 g/mol. The van der Waals surface area contributed by atoms with Crippen LogP contribution in [0.3, 0.4) is 0 Å². The third-order valence-corrected chi connectivity index (χ3v) is 9.00. The number of nitrogens with one attached hydrogen (secondary N) is 3. The summed E-state index contributed by atoms with van der Waals surface area (Å²) in [6, 6.07) is 13.8. The average Bonchev–Trinajstić information content (AvgIpc) is 3.85. The van der Waals surface area contributed by atoms with Crippen LogP contribution in [0.4, 0.5) is 24.7 Å². The summed E-state index contributed by atoms with van der Waals surface area (Å²) in [5.41, 5.74) is 2.15. The molecule has 1 aromatic heterocycles. The van der Waals surface area contributed by atoms with Gasteiger partial charge in [0.2, 0.25) is 5.91 Å². The lowest BCUT2D eigenvalue weighted by molar-refractivity contribution is -0.274. The molecule has 0 aliphatic heterocycles. The highest BCUT2D eigenvalue weighted by molar-refractivity contribution is 5.95. The molecule has 2 aromatic carbocycles. The van der Waals surface area contributed by atoms with E-state index in [0.29, 0.717) is 133 Å². The number of alkyl halides is 3. The molecule has 310 valence electrons. The molecule has 1 heterocycles. The van der Waals surface area contributed by atoms with Gasteiger partial charge in [0.15, 0.2) is 0 Å². The molecule has 17 heteroatoms. The molecule has 57 heavy (non-hydrogen) atoms. The normalized spacial score (nSPS) is 17.1. The average molecular weight is 802 g/mol. The van der Waals surface area contributed by atoms with E-state index in [1.54, 1.807) is 30.3 Å². The topological polar surface area (TPSA) is 161 Å². The number of nitrogens with zero attached hydrogens (tertiary/aromatic N) is 2. The van der Waals surface area contributed by atoms with E-state index < -0.39 is 6.36 Å². The molecule has 0 radical (unpaired) electrons. The first kappa shape index (κ1) is 43.5. The molecule has 5 rings (SSSR count). The summed E-state index contributed by atoms with van der Waals surface area (Å²) in [4.78, 5) is 33.5. The first-order valence-corrected chi connectivity index (χ1v) is 19.0. The molecule has 2 aliphatic carbocycles. The van der Waals surface area contributed by atoms with Crippen LogP contribution in [0.15, 0.2) is 73.1 Å². The van der Waals surface area contributed by atoms with Crippen molar-refractivity contribution in [3.8, 4) is 17.0 Å². The van der Waals surface area contributed by atoms with Crippen LogP contribution in [0.5, 0.6) is 5.75 Å². The van der Waals surface area contributed by atoms with Crippen molar-refractivity contribution >= 4 is 23.3 Å². The zero-order valence-electron chi connectivity index (χ0n) is 31.7. The fourth-order valence-electron chi connectivity index (χ4n) is 6.29. The molecule has 0 saturated heterocycles. The van der Waals surface area contributed by atoms with E-state index in [1.807, 2.05) is 0 Å². The number of aromatic nitrogens is 2. The molecule has 3 atom stereocenters. The minimum atomic E-state index is -4.77. The van der Waals surface area contributed by atoms with E-state index in [-0.39, 0.29) is 23.5 Å². The number of carbonyl (C=O) groups excluding carboxylic acids is 2.